The zero-order valence-corrected chi connectivity index (χ0v) is 11.4. The maximum Gasteiger partial charge on any atom is 0.222 e. The van der Waals surface area contributed by atoms with Crippen LogP contribution < -0.4 is 10.6 Å². The van der Waals surface area contributed by atoms with Crippen LogP contribution in [0.25, 0.3) is 0 Å². The molecule has 0 bridgehead atoms. The molecule has 2 rings (SSSR count). The number of anilines is 1. The van der Waals surface area contributed by atoms with E-state index in [1.165, 1.54) is 11.3 Å². The predicted octanol–water partition coefficient (Wildman–Crippen LogP) is 1.96. The molecule has 1 heterocycles. The van der Waals surface area contributed by atoms with Crippen LogP contribution >= 0.6 is 0 Å². The number of carbonyl (C=O) groups excluding carboxylic acids is 1. The summed E-state index contributed by atoms with van der Waals surface area (Å²) in [6, 6.07) is 8.41. The maximum atomic E-state index is 11.8. The average Bonchev–Trinajstić information content (AvgIpc) is 2.43. The van der Waals surface area contributed by atoms with E-state index in [4.69, 9.17) is 4.74 Å². The van der Waals surface area contributed by atoms with Gasteiger partial charge in [0.1, 0.15) is 0 Å². The topological polar surface area (TPSA) is 50.4 Å². The van der Waals surface area contributed by atoms with Crippen LogP contribution in [0.2, 0.25) is 0 Å². The maximum absolute atomic E-state index is 11.8. The highest BCUT2D eigenvalue weighted by atomic mass is 16.5. The van der Waals surface area contributed by atoms with Gasteiger partial charge in [-0.2, -0.15) is 0 Å². The van der Waals surface area contributed by atoms with Crippen LogP contribution in [0.15, 0.2) is 24.3 Å². The van der Waals surface area contributed by atoms with Gasteiger partial charge in [-0.15, -0.1) is 0 Å². The van der Waals surface area contributed by atoms with E-state index in [2.05, 4.69) is 29.7 Å². The van der Waals surface area contributed by atoms with Crippen molar-refractivity contribution in [1.82, 2.24) is 5.32 Å². The van der Waals surface area contributed by atoms with Gasteiger partial charge in [0.25, 0.3) is 0 Å². The summed E-state index contributed by atoms with van der Waals surface area (Å²) < 4.78 is 5.32. The Morgan fingerprint density at radius 1 is 1.42 bits per heavy atom. The lowest BCUT2D eigenvalue weighted by Crippen LogP contribution is -2.43. The quantitative estimate of drug-likeness (QED) is 0.771. The summed E-state index contributed by atoms with van der Waals surface area (Å²) in [5, 5.41) is 6.40. The van der Waals surface area contributed by atoms with Crippen molar-refractivity contribution in [3.63, 3.8) is 0 Å². The lowest BCUT2D eigenvalue weighted by molar-refractivity contribution is -0.122. The van der Waals surface area contributed by atoms with Crippen molar-refractivity contribution in [2.45, 2.75) is 32.2 Å². The SMILES string of the molecule is CCCOCCC(=O)NC1CNc2ccccc2C1. The fourth-order valence-corrected chi connectivity index (χ4v) is 2.25. The molecule has 4 heteroatoms. The zero-order chi connectivity index (χ0) is 13.5. The number of hydrogen-bond donors (Lipinski definition) is 2. The van der Waals surface area contributed by atoms with Gasteiger partial charge in [-0.1, -0.05) is 25.1 Å². The van der Waals surface area contributed by atoms with Gasteiger partial charge in [-0.25, -0.2) is 0 Å². The third-order valence-electron chi connectivity index (χ3n) is 3.21. The summed E-state index contributed by atoms with van der Waals surface area (Å²) in [6.45, 7) is 4.09. The Morgan fingerprint density at radius 3 is 3.11 bits per heavy atom. The summed E-state index contributed by atoms with van der Waals surface area (Å²) >= 11 is 0. The molecule has 0 spiro atoms. The van der Waals surface area contributed by atoms with Gasteiger partial charge in [0, 0.05) is 25.3 Å². The number of para-hydroxylation sites is 1. The molecule has 2 N–H and O–H groups in total. The second kappa shape index (κ2) is 7.14. The molecule has 0 aliphatic carbocycles. The Morgan fingerprint density at radius 2 is 2.26 bits per heavy atom. The summed E-state index contributed by atoms with van der Waals surface area (Å²) in [4.78, 5) is 11.8. The van der Waals surface area contributed by atoms with Crippen molar-refractivity contribution in [2.24, 2.45) is 0 Å². The lowest BCUT2D eigenvalue weighted by atomic mass is 10.00. The van der Waals surface area contributed by atoms with Crippen LogP contribution in [-0.2, 0) is 16.0 Å². The van der Waals surface area contributed by atoms with E-state index in [9.17, 15) is 4.79 Å². The third-order valence-corrected chi connectivity index (χ3v) is 3.21. The molecule has 104 valence electrons. The van der Waals surface area contributed by atoms with Gasteiger partial charge in [-0.05, 0) is 24.5 Å². The Kier molecular flexibility index (Phi) is 5.21. The van der Waals surface area contributed by atoms with Crippen molar-refractivity contribution in [3.05, 3.63) is 29.8 Å². The predicted molar refractivity (Wildman–Crippen MR) is 76.3 cm³/mol. The molecule has 1 aromatic rings. The molecule has 4 nitrogen and oxygen atoms in total. The van der Waals surface area contributed by atoms with E-state index in [0.29, 0.717) is 13.0 Å². The van der Waals surface area contributed by atoms with E-state index >= 15 is 0 Å². The third kappa shape index (κ3) is 4.24. The van der Waals surface area contributed by atoms with E-state index < -0.39 is 0 Å². The Bertz CT molecular complexity index is 420. The van der Waals surface area contributed by atoms with Crippen molar-refractivity contribution in [3.8, 4) is 0 Å². The van der Waals surface area contributed by atoms with Crippen LogP contribution in [0.5, 0.6) is 0 Å². The van der Waals surface area contributed by atoms with Crippen molar-refractivity contribution < 1.29 is 9.53 Å². The molecule has 1 atom stereocenters. The van der Waals surface area contributed by atoms with Gasteiger partial charge in [0.2, 0.25) is 5.91 Å². The second-order valence-electron chi connectivity index (χ2n) is 4.87. The minimum absolute atomic E-state index is 0.0716. The summed E-state index contributed by atoms with van der Waals surface area (Å²) in [6.07, 6.45) is 2.33. The Labute approximate surface area is 114 Å². The van der Waals surface area contributed by atoms with Gasteiger partial charge in [0.05, 0.1) is 12.6 Å². The largest absolute Gasteiger partial charge is 0.383 e. The van der Waals surface area contributed by atoms with E-state index in [1.54, 1.807) is 0 Å². The van der Waals surface area contributed by atoms with Crippen LogP contribution in [-0.4, -0.2) is 31.7 Å². The molecule has 0 saturated heterocycles. The van der Waals surface area contributed by atoms with Crippen LogP contribution in [0, 0.1) is 0 Å². The number of benzene rings is 1. The van der Waals surface area contributed by atoms with E-state index in [1.807, 2.05) is 12.1 Å². The number of nitrogens with one attached hydrogen (secondary N) is 2. The van der Waals surface area contributed by atoms with Crippen LogP contribution in [0.3, 0.4) is 0 Å². The summed E-state index contributed by atoms with van der Waals surface area (Å²) in [7, 11) is 0. The first-order valence-corrected chi connectivity index (χ1v) is 6.98. The van der Waals surface area contributed by atoms with Crippen molar-refractivity contribution in [1.29, 1.82) is 0 Å². The highest BCUT2D eigenvalue weighted by Crippen LogP contribution is 2.20. The summed E-state index contributed by atoms with van der Waals surface area (Å²) in [5.74, 6) is 0.0716. The van der Waals surface area contributed by atoms with Gasteiger partial charge < -0.3 is 15.4 Å². The molecule has 1 unspecified atom stereocenters. The minimum atomic E-state index is 0.0716. The molecule has 19 heavy (non-hydrogen) atoms. The zero-order valence-electron chi connectivity index (χ0n) is 11.4. The first-order chi connectivity index (χ1) is 9.29. The molecule has 1 aliphatic heterocycles. The first kappa shape index (κ1) is 13.9. The molecule has 0 aromatic heterocycles. The van der Waals surface area contributed by atoms with Gasteiger partial charge in [0.15, 0.2) is 0 Å². The van der Waals surface area contributed by atoms with Crippen LogP contribution in [0.4, 0.5) is 5.69 Å². The number of carbonyl (C=O) groups is 1. The molecule has 0 saturated carbocycles. The number of amides is 1. The molecular weight excluding hydrogens is 240 g/mol. The minimum Gasteiger partial charge on any atom is -0.383 e. The molecule has 1 amide bonds. The van der Waals surface area contributed by atoms with Crippen LogP contribution in [0.1, 0.15) is 25.3 Å². The first-order valence-electron chi connectivity index (χ1n) is 6.98. The molecular formula is C15H22N2O2. The Hall–Kier alpha value is -1.55. The van der Waals surface area contributed by atoms with Crippen molar-refractivity contribution >= 4 is 11.6 Å². The highest BCUT2D eigenvalue weighted by molar-refractivity contribution is 5.76. The molecule has 1 aromatic carbocycles. The van der Waals surface area contributed by atoms with Crippen molar-refractivity contribution in [2.75, 3.05) is 25.1 Å². The van der Waals surface area contributed by atoms with E-state index in [-0.39, 0.29) is 11.9 Å². The number of hydrogen-bond acceptors (Lipinski definition) is 3. The van der Waals surface area contributed by atoms with Gasteiger partial charge >= 0.3 is 0 Å². The smallest absolute Gasteiger partial charge is 0.222 e. The Balaban J connectivity index is 1.74. The normalized spacial score (nSPS) is 17.4. The second-order valence-corrected chi connectivity index (χ2v) is 4.87. The number of rotatable bonds is 6. The van der Waals surface area contributed by atoms with E-state index in [0.717, 1.165) is 26.0 Å². The fraction of sp³-hybridized carbons (Fsp3) is 0.533. The fourth-order valence-electron chi connectivity index (χ4n) is 2.25. The summed E-state index contributed by atoms with van der Waals surface area (Å²) in [5.41, 5.74) is 2.44. The molecule has 0 fully saturated rings. The number of fused-ring (bicyclic) bond motifs is 1. The molecule has 1 aliphatic rings. The monoisotopic (exact) mass is 262 g/mol. The lowest BCUT2D eigenvalue weighted by Gasteiger charge is -2.26. The number of ether oxygens (including phenoxy) is 1. The molecule has 0 radical (unpaired) electrons. The van der Waals surface area contributed by atoms with Gasteiger partial charge in [-0.3, -0.25) is 4.79 Å². The standard InChI is InChI=1S/C15H22N2O2/c1-2-8-19-9-7-15(18)17-13-10-12-5-3-4-6-14(12)16-11-13/h3-6,13,16H,2,7-11H2,1H3,(H,17,18). The average molecular weight is 262 g/mol. The highest BCUT2D eigenvalue weighted by Gasteiger charge is 2.18.